The lowest BCUT2D eigenvalue weighted by Crippen LogP contribution is -2.15. The number of nitrogens with two attached hydrogens (primary N) is 1. The maximum absolute atomic E-state index is 11.1. The maximum atomic E-state index is 11.1. The number of anilines is 2. The molecular formula is C9H10N4O4. The van der Waals surface area contributed by atoms with Crippen LogP contribution in [0.1, 0.15) is 10.4 Å². The molecule has 0 aromatic heterocycles. The van der Waals surface area contributed by atoms with Crippen LogP contribution in [0.25, 0.3) is 0 Å². The summed E-state index contributed by atoms with van der Waals surface area (Å²) in [5.41, 5.74) is 6.96. The zero-order valence-corrected chi connectivity index (χ0v) is 8.71. The summed E-state index contributed by atoms with van der Waals surface area (Å²) in [6, 6.07) is 2.40. The van der Waals surface area contributed by atoms with E-state index in [4.69, 9.17) is 10.9 Å². The van der Waals surface area contributed by atoms with E-state index in [-0.39, 0.29) is 16.9 Å². The summed E-state index contributed by atoms with van der Waals surface area (Å²) < 4.78 is 0. The van der Waals surface area contributed by atoms with Crippen LogP contribution in [0.15, 0.2) is 12.1 Å². The number of benzene rings is 1. The van der Waals surface area contributed by atoms with E-state index in [1.807, 2.05) is 0 Å². The van der Waals surface area contributed by atoms with Crippen molar-refractivity contribution in [1.29, 1.82) is 0 Å². The largest absolute Gasteiger partial charge is 0.366 e. The minimum Gasteiger partial charge on any atom is -0.366 e. The Labute approximate surface area is 95.7 Å². The van der Waals surface area contributed by atoms with Gasteiger partial charge in [0.2, 0.25) is 0 Å². The van der Waals surface area contributed by atoms with Crippen molar-refractivity contribution in [3.8, 4) is 0 Å². The van der Waals surface area contributed by atoms with E-state index in [9.17, 15) is 14.9 Å². The molecule has 8 heteroatoms. The van der Waals surface area contributed by atoms with Gasteiger partial charge in [-0.15, -0.1) is 0 Å². The first-order chi connectivity index (χ1) is 8.04. The van der Waals surface area contributed by atoms with Crippen molar-refractivity contribution in [2.75, 3.05) is 23.5 Å². The second-order valence-corrected chi connectivity index (χ2v) is 3.61. The Morgan fingerprint density at radius 1 is 1.53 bits per heavy atom. The van der Waals surface area contributed by atoms with Crippen molar-refractivity contribution in [3.63, 3.8) is 0 Å². The Hall–Kier alpha value is -2.35. The van der Waals surface area contributed by atoms with E-state index in [1.165, 1.54) is 6.07 Å². The summed E-state index contributed by atoms with van der Waals surface area (Å²) in [7, 11) is 0. The zero-order chi connectivity index (χ0) is 12.6. The highest BCUT2D eigenvalue weighted by molar-refractivity contribution is 6.00. The maximum Gasteiger partial charge on any atom is 0.294 e. The zero-order valence-electron chi connectivity index (χ0n) is 8.71. The van der Waals surface area contributed by atoms with E-state index in [2.05, 4.69) is 0 Å². The average Bonchev–Trinajstić information content (AvgIpc) is 3.10. The molecule has 90 valence electrons. The number of nitrogens with zero attached hydrogens (tertiary/aromatic N) is 2. The summed E-state index contributed by atoms with van der Waals surface area (Å²) in [6.45, 7) is 1.40. The van der Waals surface area contributed by atoms with Gasteiger partial charge in [0.15, 0.2) is 0 Å². The molecule has 17 heavy (non-hydrogen) atoms. The quantitative estimate of drug-likeness (QED) is 0.394. The highest BCUT2D eigenvalue weighted by Gasteiger charge is 2.29. The van der Waals surface area contributed by atoms with Gasteiger partial charge in [-0.3, -0.25) is 25.6 Å². The second kappa shape index (κ2) is 3.91. The molecule has 1 amide bonds. The molecule has 4 N–H and O–H groups in total. The van der Waals surface area contributed by atoms with E-state index in [0.717, 1.165) is 6.07 Å². The third-order valence-electron chi connectivity index (χ3n) is 2.49. The summed E-state index contributed by atoms with van der Waals surface area (Å²) in [4.78, 5) is 23.2. The minimum atomic E-state index is -0.764. The third kappa shape index (κ3) is 1.97. The first-order valence-corrected chi connectivity index (χ1v) is 4.82. The van der Waals surface area contributed by atoms with E-state index >= 15 is 0 Å². The third-order valence-corrected chi connectivity index (χ3v) is 2.49. The van der Waals surface area contributed by atoms with Gasteiger partial charge in [0, 0.05) is 19.2 Å². The highest BCUT2D eigenvalue weighted by atomic mass is 16.6. The van der Waals surface area contributed by atoms with Crippen molar-refractivity contribution in [1.82, 2.24) is 0 Å². The molecule has 1 heterocycles. The van der Waals surface area contributed by atoms with Gasteiger partial charge in [0.05, 0.1) is 16.2 Å². The predicted octanol–water partition coefficient (Wildman–Crippen LogP) is 0.315. The fraction of sp³-hybridized carbons (Fsp3) is 0.222. The molecule has 1 saturated heterocycles. The standard InChI is InChI=1S/C9H10N4O4/c10-9(14)5-3-7(12-1-2-12)8(13(16)17)4-6(5)11-15/h3-4,11,15H,1-2H2,(H2,10,14). The first-order valence-electron chi connectivity index (χ1n) is 4.82. The average molecular weight is 238 g/mol. The Bertz CT molecular complexity index is 498. The highest BCUT2D eigenvalue weighted by Crippen LogP contribution is 2.36. The van der Waals surface area contributed by atoms with Crippen molar-refractivity contribution in [2.45, 2.75) is 0 Å². The molecule has 1 aromatic rings. The molecule has 0 spiro atoms. The number of nitro benzene ring substituents is 1. The normalized spacial score (nSPS) is 13.4. The molecule has 0 bridgehead atoms. The SMILES string of the molecule is NC(=O)c1cc(N2CC2)c([N+](=O)[O-])cc1NO. The Morgan fingerprint density at radius 2 is 2.18 bits per heavy atom. The lowest BCUT2D eigenvalue weighted by molar-refractivity contribution is -0.384. The van der Waals surface area contributed by atoms with Crippen LogP contribution < -0.4 is 16.1 Å². The van der Waals surface area contributed by atoms with E-state index in [0.29, 0.717) is 18.8 Å². The molecular weight excluding hydrogens is 228 g/mol. The molecule has 8 nitrogen and oxygen atoms in total. The fourth-order valence-electron chi connectivity index (χ4n) is 1.56. The predicted molar refractivity (Wildman–Crippen MR) is 59.2 cm³/mol. The van der Waals surface area contributed by atoms with Gasteiger partial charge < -0.3 is 10.6 Å². The number of hydrogen-bond donors (Lipinski definition) is 3. The summed E-state index contributed by atoms with van der Waals surface area (Å²) in [5.74, 6) is -0.764. The topological polar surface area (TPSA) is 122 Å². The summed E-state index contributed by atoms with van der Waals surface area (Å²) in [6.07, 6.45) is 0. The monoisotopic (exact) mass is 238 g/mol. The van der Waals surface area contributed by atoms with Crippen molar-refractivity contribution in [2.24, 2.45) is 5.73 Å². The molecule has 1 aromatic carbocycles. The van der Waals surface area contributed by atoms with E-state index in [1.54, 1.807) is 10.4 Å². The summed E-state index contributed by atoms with van der Waals surface area (Å²) in [5, 5.41) is 19.7. The van der Waals surface area contributed by atoms with Gasteiger partial charge in [-0.05, 0) is 6.07 Å². The van der Waals surface area contributed by atoms with Gasteiger partial charge in [0.1, 0.15) is 5.69 Å². The van der Waals surface area contributed by atoms with Crippen LogP contribution in [-0.4, -0.2) is 29.1 Å². The van der Waals surface area contributed by atoms with Crippen LogP contribution in [0.2, 0.25) is 0 Å². The van der Waals surface area contributed by atoms with Gasteiger partial charge in [0.25, 0.3) is 11.6 Å². The van der Waals surface area contributed by atoms with Crippen LogP contribution in [-0.2, 0) is 0 Å². The number of amides is 1. The molecule has 1 aliphatic heterocycles. The number of carbonyl (C=O) groups excluding carboxylic acids is 1. The lowest BCUT2D eigenvalue weighted by atomic mass is 10.1. The number of nitrogens with one attached hydrogen (secondary N) is 1. The molecule has 0 atom stereocenters. The summed E-state index contributed by atoms with van der Waals surface area (Å²) >= 11 is 0. The van der Waals surface area contributed by atoms with Gasteiger partial charge in [-0.2, -0.15) is 0 Å². The van der Waals surface area contributed by atoms with Crippen LogP contribution >= 0.6 is 0 Å². The minimum absolute atomic E-state index is 0.0139. The van der Waals surface area contributed by atoms with Crippen LogP contribution in [0.5, 0.6) is 0 Å². The molecule has 0 saturated carbocycles. The molecule has 1 aliphatic rings. The van der Waals surface area contributed by atoms with Crippen molar-refractivity contribution >= 4 is 23.0 Å². The molecule has 0 aliphatic carbocycles. The number of rotatable bonds is 4. The molecule has 0 unspecified atom stereocenters. The van der Waals surface area contributed by atoms with Crippen LogP contribution in [0.4, 0.5) is 17.1 Å². The van der Waals surface area contributed by atoms with Gasteiger partial charge >= 0.3 is 0 Å². The Balaban J connectivity index is 2.60. The second-order valence-electron chi connectivity index (χ2n) is 3.61. The Morgan fingerprint density at radius 3 is 2.59 bits per heavy atom. The number of hydrogen-bond acceptors (Lipinski definition) is 6. The van der Waals surface area contributed by atoms with Crippen LogP contribution in [0.3, 0.4) is 0 Å². The Kier molecular flexibility index (Phi) is 2.56. The number of nitro groups is 1. The first kappa shape index (κ1) is 11.1. The lowest BCUT2D eigenvalue weighted by Gasteiger charge is -2.09. The molecule has 1 fully saturated rings. The fourth-order valence-corrected chi connectivity index (χ4v) is 1.56. The van der Waals surface area contributed by atoms with Crippen LogP contribution in [0, 0.1) is 10.1 Å². The molecule has 2 rings (SSSR count). The number of carbonyl (C=O) groups is 1. The number of primary amides is 1. The van der Waals surface area contributed by atoms with Gasteiger partial charge in [-0.1, -0.05) is 0 Å². The van der Waals surface area contributed by atoms with E-state index < -0.39 is 10.8 Å². The smallest absolute Gasteiger partial charge is 0.294 e. The van der Waals surface area contributed by atoms with Gasteiger partial charge in [-0.25, -0.2) is 0 Å². The van der Waals surface area contributed by atoms with Crippen molar-refractivity contribution < 1.29 is 14.9 Å². The van der Waals surface area contributed by atoms with Crippen molar-refractivity contribution in [3.05, 3.63) is 27.8 Å². The molecule has 0 radical (unpaired) electrons.